The van der Waals surface area contributed by atoms with Crippen LogP contribution in [0.4, 0.5) is 0 Å². The van der Waals surface area contributed by atoms with Crippen molar-refractivity contribution in [3.05, 3.63) is 11.0 Å². The molecule has 15 heavy (non-hydrogen) atoms. The summed E-state index contributed by atoms with van der Waals surface area (Å²) in [6, 6.07) is 2.10. The smallest absolute Gasteiger partial charge is 0.307 e. The highest BCUT2D eigenvalue weighted by Gasteiger charge is 2.61. The van der Waals surface area contributed by atoms with E-state index in [1.165, 1.54) is 11.8 Å². The number of allylic oxidation sites excluding steroid dienone is 2. The number of thioether (sulfide) groups is 1. The molecular formula is C11H15NO2S. The van der Waals surface area contributed by atoms with E-state index in [1.807, 2.05) is 26.8 Å². The van der Waals surface area contributed by atoms with Gasteiger partial charge in [-0.15, -0.1) is 11.8 Å². The van der Waals surface area contributed by atoms with Gasteiger partial charge in [-0.1, -0.05) is 26.8 Å². The standard InChI is InChI=1S/C11H15NO2S/c1-4-15-7(6-12)5-8-9(10(13)14)11(8,2)3/h5,8-9H,4H2,1-3H3,(H,13,14)/t8?,9-/m0/s1. The predicted molar refractivity (Wildman–Crippen MR) is 60.2 cm³/mol. The Balaban J connectivity index is 2.76. The Morgan fingerprint density at radius 1 is 1.67 bits per heavy atom. The zero-order chi connectivity index (χ0) is 11.6. The third-order valence-electron chi connectivity index (χ3n) is 2.92. The number of nitrogens with zero attached hydrogens (tertiary/aromatic N) is 1. The molecule has 0 amide bonds. The van der Waals surface area contributed by atoms with Gasteiger partial charge in [0, 0.05) is 0 Å². The second-order valence-corrected chi connectivity index (χ2v) is 5.54. The predicted octanol–water partition coefficient (Wildman–Crippen LogP) is 2.50. The van der Waals surface area contributed by atoms with Crippen LogP contribution in [-0.2, 0) is 4.79 Å². The lowest BCUT2D eigenvalue weighted by molar-refractivity contribution is -0.139. The molecule has 3 nitrogen and oxygen atoms in total. The molecule has 1 rings (SSSR count). The van der Waals surface area contributed by atoms with Gasteiger partial charge in [-0.25, -0.2) is 0 Å². The van der Waals surface area contributed by atoms with Gasteiger partial charge in [0.05, 0.1) is 10.8 Å². The first-order valence-corrected chi connectivity index (χ1v) is 5.91. The molecule has 0 spiro atoms. The molecule has 1 N–H and O–H groups in total. The molecule has 82 valence electrons. The van der Waals surface area contributed by atoms with Crippen LogP contribution >= 0.6 is 11.8 Å². The normalized spacial score (nSPS) is 28.3. The first kappa shape index (κ1) is 12.1. The van der Waals surface area contributed by atoms with E-state index in [1.54, 1.807) is 0 Å². The number of hydrogen-bond donors (Lipinski definition) is 1. The SMILES string of the molecule is CCSC(C#N)=CC1[C@@H](C(=O)O)C1(C)C. The van der Waals surface area contributed by atoms with Crippen LogP contribution in [0.2, 0.25) is 0 Å². The quantitative estimate of drug-likeness (QED) is 0.747. The molecule has 0 aromatic heterocycles. The monoisotopic (exact) mass is 225 g/mol. The summed E-state index contributed by atoms with van der Waals surface area (Å²) in [5.41, 5.74) is -0.206. The van der Waals surface area contributed by atoms with Crippen molar-refractivity contribution in [2.75, 3.05) is 5.75 Å². The van der Waals surface area contributed by atoms with Crippen molar-refractivity contribution in [2.24, 2.45) is 17.3 Å². The van der Waals surface area contributed by atoms with Crippen LogP contribution in [0.5, 0.6) is 0 Å². The summed E-state index contributed by atoms with van der Waals surface area (Å²) in [6.07, 6.45) is 1.81. The van der Waals surface area contributed by atoms with Crippen molar-refractivity contribution in [3.63, 3.8) is 0 Å². The van der Waals surface area contributed by atoms with Gasteiger partial charge in [-0.3, -0.25) is 4.79 Å². The van der Waals surface area contributed by atoms with Gasteiger partial charge >= 0.3 is 5.97 Å². The zero-order valence-corrected chi connectivity index (χ0v) is 9.97. The van der Waals surface area contributed by atoms with Gasteiger partial charge in [0.25, 0.3) is 0 Å². The molecule has 0 radical (unpaired) electrons. The number of rotatable bonds is 4. The van der Waals surface area contributed by atoms with Crippen LogP contribution in [-0.4, -0.2) is 16.8 Å². The zero-order valence-electron chi connectivity index (χ0n) is 9.15. The maximum Gasteiger partial charge on any atom is 0.307 e. The number of carboxylic acids is 1. The lowest BCUT2D eigenvalue weighted by atomic mass is 10.1. The fraction of sp³-hybridized carbons (Fsp3) is 0.636. The van der Waals surface area contributed by atoms with Crippen molar-refractivity contribution in [3.8, 4) is 6.07 Å². The van der Waals surface area contributed by atoms with E-state index in [0.717, 1.165) is 5.75 Å². The summed E-state index contributed by atoms with van der Waals surface area (Å²) < 4.78 is 0. The first-order chi connectivity index (χ1) is 6.95. The lowest BCUT2D eigenvalue weighted by Crippen LogP contribution is -2.03. The van der Waals surface area contributed by atoms with Gasteiger partial charge in [-0.05, 0) is 17.1 Å². The Morgan fingerprint density at radius 3 is 2.60 bits per heavy atom. The van der Waals surface area contributed by atoms with E-state index in [9.17, 15) is 4.79 Å². The van der Waals surface area contributed by atoms with Gasteiger partial charge in [0.2, 0.25) is 0 Å². The number of aliphatic carboxylic acids is 1. The second-order valence-electron chi connectivity index (χ2n) is 4.24. The summed E-state index contributed by atoms with van der Waals surface area (Å²) in [7, 11) is 0. The summed E-state index contributed by atoms with van der Waals surface area (Å²) in [4.78, 5) is 11.5. The lowest BCUT2D eigenvalue weighted by Gasteiger charge is -1.97. The minimum atomic E-state index is -0.764. The van der Waals surface area contributed by atoms with Crippen LogP contribution in [0.25, 0.3) is 0 Å². The molecule has 0 heterocycles. The maximum atomic E-state index is 10.9. The van der Waals surface area contributed by atoms with Crippen molar-refractivity contribution in [1.29, 1.82) is 5.26 Å². The minimum Gasteiger partial charge on any atom is -0.481 e. The van der Waals surface area contributed by atoms with Crippen LogP contribution in [0.15, 0.2) is 11.0 Å². The van der Waals surface area contributed by atoms with Crippen LogP contribution in [0.3, 0.4) is 0 Å². The molecule has 2 atom stereocenters. The Bertz CT molecular complexity index is 341. The topological polar surface area (TPSA) is 61.1 Å². The van der Waals surface area contributed by atoms with Gasteiger partial charge in [0.15, 0.2) is 0 Å². The van der Waals surface area contributed by atoms with Crippen molar-refractivity contribution < 1.29 is 9.90 Å². The third kappa shape index (κ3) is 2.35. The largest absolute Gasteiger partial charge is 0.481 e. The molecule has 4 heteroatoms. The van der Waals surface area contributed by atoms with Gasteiger partial charge < -0.3 is 5.11 Å². The molecule has 0 aromatic carbocycles. The van der Waals surface area contributed by atoms with Crippen molar-refractivity contribution >= 4 is 17.7 Å². The van der Waals surface area contributed by atoms with Crippen LogP contribution in [0.1, 0.15) is 20.8 Å². The number of nitriles is 1. The number of hydrogen-bond acceptors (Lipinski definition) is 3. The first-order valence-electron chi connectivity index (χ1n) is 4.92. The average Bonchev–Trinajstić information content (AvgIpc) is 2.67. The molecule has 0 saturated heterocycles. The van der Waals surface area contributed by atoms with E-state index in [-0.39, 0.29) is 17.3 Å². The van der Waals surface area contributed by atoms with E-state index in [4.69, 9.17) is 10.4 Å². The fourth-order valence-corrected chi connectivity index (χ4v) is 2.52. The average molecular weight is 225 g/mol. The Kier molecular flexibility index (Phi) is 3.46. The highest BCUT2D eigenvalue weighted by Crippen LogP contribution is 2.59. The molecule has 0 aliphatic heterocycles. The minimum absolute atomic E-state index is 0.00343. The molecule has 1 unspecified atom stereocenters. The van der Waals surface area contributed by atoms with Crippen LogP contribution < -0.4 is 0 Å². The number of carbonyl (C=O) groups is 1. The van der Waals surface area contributed by atoms with Gasteiger partial charge in [-0.2, -0.15) is 5.26 Å². The maximum absolute atomic E-state index is 10.9. The van der Waals surface area contributed by atoms with E-state index in [0.29, 0.717) is 4.91 Å². The second kappa shape index (κ2) is 4.28. The molecule has 1 aliphatic rings. The summed E-state index contributed by atoms with van der Waals surface area (Å²) in [6.45, 7) is 5.83. The van der Waals surface area contributed by atoms with Crippen LogP contribution in [0, 0.1) is 28.6 Å². The van der Waals surface area contributed by atoms with Gasteiger partial charge in [0.1, 0.15) is 6.07 Å². The highest BCUT2D eigenvalue weighted by molar-refractivity contribution is 8.03. The summed E-state index contributed by atoms with van der Waals surface area (Å²) in [5, 5.41) is 17.8. The molecule has 0 bridgehead atoms. The number of carboxylic acid groups (broad SMARTS) is 1. The van der Waals surface area contributed by atoms with Crippen molar-refractivity contribution in [1.82, 2.24) is 0 Å². The van der Waals surface area contributed by atoms with E-state index < -0.39 is 5.97 Å². The molecular weight excluding hydrogens is 210 g/mol. The third-order valence-corrected chi connectivity index (χ3v) is 3.74. The van der Waals surface area contributed by atoms with E-state index in [2.05, 4.69) is 6.07 Å². The Hall–Kier alpha value is -0.950. The summed E-state index contributed by atoms with van der Waals surface area (Å²) in [5.74, 6) is -0.258. The molecule has 1 fully saturated rings. The fourth-order valence-electron chi connectivity index (χ4n) is 1.90. The summed E-state index contributed by atoms with van der Waals surface area (Å²) >= 11 is 1.47. The Labute approximate surface area is 94.2 Å². The molecule has 0 aromatic rings. The Morgan fingerprint density at radius 2 is 2.27 bits per heavy atom. The molecule has 1 aliphatic carbocycles. The highest BCUT2D eigenvalue weighted by atomic mass is 32.2. The van der Waals surface area contributed by atoms with E-state index >= 15 is 0 Å². The van der Waals surface area contributed by atoms with Crippen molar-refractivity contribution in [2.45, 2.75) is 20.8 Å². The molecule has 1 saturated carbocycles.